The van der Waals surface area contributed by atoms with E-state index in [0.717, 1.165) is 13.0 Å². The molecule has 0 bridgehead atoms. The third kappa shape index (κ3) is 4.09. The zero-order valence-electron chi connectivity index (χ0n) is 11.6. The summed E-state index contributed by atoms with van der Waals surface area (Å²) < 4.78 is 5.74. The maximum Gasteiger partial charge on any atom is 0.0814 e. The topological polar surface area (TPSA) is 21.3 Å². The minimum Gasteiger partial charge on any atom is -0.379 e. The molecule has 0 saturated carbocycles. The van der Waals surface area contributed by atoms with E-state index in [4.69, 9.17) is 4.74 Å². The van der Waals surface area contributed by atoms with Gasteiger partial charge in [-0.3, -0.25) is 0 Å². The molecule has 0 aliphatic heterocycles. The highest BCUT2D eigenvalue weighted by atomic mass is 32.1. The van der Waals surface area contributed by atoms with Crippen molar-refractivity contribution in [1.29, 1.82) is 0 Å². The zero-order chi connectivity index (χ0) is 12.9. The zero-order valence-corrected chi connectivity index (χ0v) is 12.4. The standard InChI is InChI=1S/C14H25NOS/c1-6-8-15-12(11-7-9-17-10-11)13(16-5)14(2,3)4/h7,9-10,12-13,15H,6,8H2,1-5H3. The van der Waals surface area contributed by atoms with Gasteiger partial charge in [-0.15, -0.1) is 0 Å². The van der Waals surface area contributed by atoms with Gasteiger partial charge >= 0.3 is 0 Å². The van der Waals surface area contributed by atoms with Gasteiger partial charge in [-0.2, -0.15) is 11.3 Å². The number of hydrogen-bond donors (Lipinski definition) is 1. The van der Waals surface area contributed by atoms with E-state index in [1.807, 2.05) is 7.11 Å². The predicted octanol–water partition coefficient (Wildman–Crippen LogP) is 3.85. The Morgan fingerprint density at radius 3 is 2.53 bits per heavy atom. The first-order valence-corrected chi connectivity index (χ1v) is 7.23. The summed E-state index contributed by atoms with van der Waals surface area (Å²) in [5, 5.41) is 7.95. The van der Waals surface area contributed by atoms with Crippen molar-refractivity contribution >= 4 is 11.3 Å². The van der Waals surface area contributed by atoms with Crippen LogP contribution in [0.3, 0.4) is 0 Å². The van der Waals surface area contributed by atoms with Crippen molar-refractivity contribution < 1.29 is 4.74 Å². The molecule has 0 aliphatic carbocycles. The molecule has 0 spiro atoms. The molecule has 0 amide bonds. The first kappa shape index (κ1) is 14.7. The lowest BCUT2D eigenvalue weighted by molar-refractivity contribution is -0.0118. The number of nitrogens with one attached hydrogen (secondary N) is 1. The molecule has 0 aliphatic rings. The van der Waals surface area contributed by atoms with E-state index in [9.17, 15) is 0 Å². The fraction of sp³-hybridized carbons (Fsp3) is 0.714. The van der Waals surface area contributed by atoms with Gasteiger partial charge in [-0.05, 0) is 40.8 Å². The van der Waals surface area contributed by atoms with Gasteiger partial charge in [0.1, 0.15) is 0 Å². The van der Waals surface area contributed by atoms with E-state index in [1.54, 1.807) is 11.3 Å². The monoisotopic (exact) mass is 255 g/mol. The molecule has 0 fully saturated rings. The summed E-state index contributed by atoms with van der Waals surface area (Å²) in [5.74, 6) is 0. The lowest BCUT2D eigenvalue weighted by Crippen LogP contribution is -2.41. The lowest BCUT2D eigenvalue weighted by Gasteiger charge is -2.36. The highest BCUT2D eigenvalue weighted by molar-refractivity contribution is 7.07. The molecule has 1 rings (SSSR count). The minimum absolute atomic E-state index is 0.127. The van der Waals surface area contributed by atoms with Gasteiger partial charge < -0.3 is 10.1 Å². The smallest absolute Gasteiger partial charge is 0.0814 e. The summed E-state index contributed by atoms with van der Waals surface area (Å²) in [7, 11) is 1.81. The second-order valence-corrected chi connectivity index (χ2v) is 6.29. The van der Waals surface area contributed by atoms with Crippen molar-refractivity contribution in [2.45, 2.75) is 46.3 Å². The molecule has 0 saturated heterocycles. The Morgan fingerprint density at radius 1 is 1.41 bits per heavy atom. The predicted molar refractivity (Wildman–Crippen MR) is 75.6 cm³/mol. The molecule has 1 aromatic rings. The molecule has 2 nitrogen and oxygen atoms in total. The fourth-order valence-corrected chi connectivity index (χ4v) is 2.84. The van der Waals surface area contributed by atoms with Crippen molar-refractivity contribution in [2.75, 3.05) is 13.7 Å². The van der Waals surface area contributed by atoms with E-state index in [1.165, 1.54) is 5.56 Å². The van der Waals surface area contributed by atoms with Crippen LogP contribution in [0.25, 0.3) is 0 Å². The van der Waals surface area contributed by atoms with E-state index in [2.05, 4.69) is 49.8 Å². The molecule has 2 atom stereocenters. The summed E-state index contributed by atoms with van der Waals surface area (Å²) in [5.41, 5.74) is 1.47. The first-order valence-electron chi connectivity index (χ1n) is 6.29. The largest absolute Gasteiger partial charge is 0.379 e. The maximum atomic E-state index is 5.74. The third-order valence-corrected chi connectivity index (χ3v) is 3.63. The highest BCUT2D eigenvalue weighted by Crippen LogP contribution is 2.33. The van der Waals surface area contributed by atoms with Crippen LogP contribution in [0.2, 0.25) is 0 Å². The quantitative estimate of drug-likeness (QED) is 0.833. The minimum atomic E-state index is 0.127. The van der Waals surface area contributed by atoms with Crippen LogP contribution in [0.1, 0.15) is 45.7 Å². The Labute approximate surface area is 109 Å². The SMILES string of the molecule is CCCNC(c1ccsc1)C(OC)C(C)(C)C. The van der Waals surface area contributed by atoms with Crippen LogP contribution in [0.15, 0.2) is 16.8 Å². The van der Waals surface area contributed by atoms with Gasteiger partial charge in [0.2, 0.25) is 0 Å². The molecular weight excluding hydrogens is 230 g/mol. The Bertz CT molecular complexity index is 303. The summed E-state index contributed by atoms with van der Waals surface area (Å²) in [6, 6.07) is 2.47. The van der Waals surface area contributed by atoms with Crippen molar-refractivity contribution in [2.24, 2.45) is 5.41 Å². The summed E-state index contributed by atoms with van der Waals surface area (Å²) in [4.78, 5) is 0. The van der Waals surface area contributed by atoms with Crippen molar-refractivity contribution in [3.05, 3.63) is 22.4 Å². The number of thiophene rings is 1. The van der Waals surface area contributed by atoms with E-state index < -0.39 is 0 Å². The van der Waals surface area contributed by atoms with Gasteiger partial charge in [-0.1, -0.05) is 27.7 Å². The molecule has 1 N–H and O–H groups in total. The Hall–Kier alpha value is -0.380. The highest BCUT2D eigenvalue weighted by Gasteiger charge is 2.33. The molecular formula is C14H25NOS. The van der Waals surface area contributed by atoms with Crippen molar-refractivity contribution in [3.63, 3.8) is 0 Å². The molecule has 1 heterocycles. The van der Waals surface area contributed by atoms with Crippen LogP contribution < -0.4 is 5.32 Å². The molecule has 1 aromatic heterocycles. The Morgan fingerprint density at radius 2 is 2.12 bits per heavy atom. The summed E-state index contributed by atoms with van der Waals surface area (Å²) in [6.45, 7) is 9.91. The maximum absolute atomic E-state index is 5.74. The van der Waals surface area contributed by atoms with Crippen LogP contribution in [0.5, 0.6) is 0 Å². The van der Waals surface area contributed by atoms with Crippen LogP contribution in [-0.4, -0.2) is 19.8 Å². The molecule has 0 aromatic carbocycles. The lowest BCUT2D eigenvalue weighted by atomic mass is 9.82. The van der Waals surface area contributed by atoms with Crippen LogP contribution in [-0.2, 0) is 4.74 Å². The van der Waals surface area contributed by atoms with E-state index in [0.29, 0.717) is 0 Å². The number of rotatable bonds is 6. The van der Waals surface area contributed by atoms with Crippen LogP contribution in [0, 0.1) is 5.41 Å². The van der Waals surface area contributed by atoms with Crippen LogP contribution >= 0.6 is 11.3 Å². The molecule has 0 radical (unpaired) electrons. The number of hydrogen-bond acceptors (Lipinski definition) is 3. The number of ether oxygens (including phenoxy) is 1. The van der Waals surface area contributed by atoms with Crippen LogP contribution in [0.4, 0.5) is 0 Å². The van der Waals surface area contributed by atoms with Gasteiger partial charge in [0.15, 0.2) is 0 Å². The molecule has 98 valence electrons. The van der Waals surface area contributed by atoms with E-state index in [-0.39, 0.29) is 17.6 Å². The second-order valence-electron chi connectivity index (χ2n) is 5.51. The Kier molecular flexibility index (Phi) is 5.63. The summed E-state index contributed by atoms with van der Waals surface area (Å²) in [6.07, 6.45) is 1.32. The average molecular weight is 255 g/mol. The van der Waals surface area contributed by atoms with Gasteiger partial charge in [0.05, 0.1) is 12.1 Å². The average Bonchev–Trinajstić information content (AvgIpc) is 2.75. The van der Waals surface area contributed by atoms with Crippen molar-refractivity contribution in [3.8, 4) is 0 Å². The van der Waals surface area contributed by atoms with Crippen molar-refractivity contribution in [1.82, 2.24) is 5.32 Å². The first-order chi connectivity index (χ1) is 8.00. The van der Waals surface area contributed by atoms with Gasteiger partial charge in [0.25, 0.3) is 0 Å². The third-order valence-electron chi connectivity index (χ3n) is 2.93. The Balaban J connectivity index is 2.88. The molecule has 17 heavy (non-hydrogen) atoms. The molecule has 3 heteroatoms. The second kappa shape index (κ2) is 6.53. The van der Waals surface area contributed by atoms with Gasteiger partial charge in [0, 0.05) is 7.11 Å². The normalized spacial score (nSPS) is 15.8. The fourth-order valence-electron chi connectivity index (χ4n) is 2.14. The number of methoxy groups -OCH3 is 1. The van der Waals surface area contributed by atoms with E-state index >= 15 is 0 Å². The molecule has 2 unspecified atom stereocenters. The summed E-state index contributed by atoms with van der Waals surface area (Å²) >= 11 is 1.74. The van der Waals surface area contributed by atoms with Gasteiger partial charge in [-0.25, -0.2) is 0 Å².